The Morgan fingerprint density at radius 1 is 1.07 bits per heavy atom. The molecule has 0 bridgehead atoms. The summed E-state index contributed by atoms with van der Waals surface area (Å²) >= 11 is 0. The van der Waals surface area contributed by atoms with Gasteiger partial charge in [-0.15, -0.1) is 0 Å². The molecule has 0 unspecified atom stereocenters. The molecular formula is C23H29N3O4. The van der Waals surface area contributed by atoms with E-state index in [0.29, 0.717) is 11.5 Å². The van der Waals surface area contributed by atoms with E-state index in [1.165, 1.54) is 5.56 Å². The summed E-state index contributed by atoms with van der Waals surface area (Å²) < 4.78 is 10.8. The topological polar surface area (TPSA) is 93.9 Å². The van der Waals surface area contributed by atoms with Crippen molar-refractivity contribution in [1.82, 2.24) is 4.90 Å². The summed E-state index contributed by atoms with van der Waals surface area (Å²) in [6.07, 6.45) is 2.61. The third-order valence-electron chi connectivity index (χ3n) is 5.37. The summed E-state index contributed by atoms with van der Waals surface area (Å²) in [4.78, 5) is 25.8. The lowest BCUT2D eigenvalue weighted by Gasteiger charge is -2.30. The number of methoxy groups -OCH3 is 1. The van der Waals surface area contributed by atoms with Crippen molar-refractivity contribution in [2.75, 3.05) is 38.7 Å². The lowest BCUT2D eigenvalue weighted by molar-refractivity contribution is -0.123. The predicted molar refractivity (Wildman–Crippen MR) is 116 cm³/mol. The van der Waals surface area contributed by atoms with Crippen LogP contribution in [0, 0.1) is 5.92 Å². The van der Waals surface area contributed by atoms with E-state index >= 15 is 0 Å². The van der Waals surface area contributed by atoms with Gasteiger partial charge in [0, 0.05) is 18.2 Å². The molecule has 7 nitrogen and oxygen atoms in total. The minimum atomic E-state index is -0.231. The molecular weight excluding hydrogens is 382 g/mol. The number of likely N-dealkylation sites (tertiary alicyclic amines) is 1. The number of hydrogen-bond acceptors (Lipinski definition) is 5. The van der Waals surface area contributed by atoms with Gasteiger partial charge < -0.3 is 25.4 Å². The second-order valence-corrected chi connectivity index (χ2v) is 7.45. The second kappa shape index (κ2) is 10.6. The van der Waals surface area contributed by atoms with Crippen LogP contribution in [0.2, 0.25) is 0 Å². The fourth-order valence-electron chi connectivity index (χ4n) is 3.56. The molecule has 2 aromatic carbocycles. The van der Waals surface area contributed by atoms with Crippen LogP contribution in [-0.4, -0.2) is 50.1 Å². The number of nitrogens with one attached hydrogen (secondary N) is 1. The number of rotatable bonds is 9. The number of primary amides is 1. The Balaban J connectivity index is 1.41. The van der Waals surface area contributed by atoms with Crippen molar-refractivity contribution in [2.45, 2.75) is 19.3 Å². The smallest absolute Gasteiger partial charge is 0.262 e. The zero-order valence-electron chi connectivity index (χ0n) is 17.3. The van der Waals surface area contributed by atoms with Crippen LogP contribution < -0.4 is 20.5 Å². The molecule has 3 rings (SSSR count). The van der Waals surface area contributed by atoms with Gasteiger partial charge in [-0.1, -0.05) is 24.3 Å². The van der Waals surface area contributed by atoms with Gasteiger partial charge in [-0.05, 0) is 62.2 Å². The summed E-state index contributed by atoms with van der Waals surface area (Å²) in [5.74, 6) is 0.738. The highest BCUT2D eigenvalue weighted by Gasteiger charge is 2.22. The first-order valence-corrected chi connectivity index (χ1v) is 10.2. The molecule has 2 aromatic rings. The van der Waals surface area contributed by atoms with Gasteiger partial charge >= 0.3 is 0 Å². The Morgan fingerprint density at radius 3 is 2.37 bits per heavy atom. The standard InChI is InChI=1S/C23H29N3O4/c1-29-20-4-2-3-5-21(20)30-16-22(27)25-19-8-6-17(7-9-19)10-13-26-14-11-18(12-15-26)23(24)28/h2-9,18H,10-16H2,1H3,(H2,24,28)(H,25,27). The molecule has 160 valence electrons. The zero-order chi connectivity index (χ0) is 21.3. The largest absolute Gasteiger partial charge is 0.493 e. The molecule has 1 fully saturated rings. The average molecular weight is 412 g/mol. The van der Waals surface area contributed by atoms with Crippen LogP contribution in [0.1, 0.15) is 18.4 Å². The Morgan fingerprint density at radius 2 is 1.73 bits per heavy atom. The maximum absolute atomic E-state index is 12.2. The monoisotopic (exact) mass is 411 g/mol. The van der Waals surface area contributed by atoms with Crippen LogP contribution in [0.15, 0.2) is 48.5 Å². The number of anilines is 1. The lowest BCUT2D eigenvalue weighted by atomic mass is 9.96. The first-order valence-electron chi connectivity index (χ1n) is 10.2. The van der Waals surface area contributed by atoms with Crippen LogP contribution in [0.25, 0.3) is 0 Å². The van der Waals surface area contributed by atoms with E-state index in [2.05, 4.69) is 10.2 Å². The van der Waals surface area contributed by atoms with E-state index in [1.54, 1.807) is 19.2 Å². The Bertz CT molecular complexity index is 846. The molecule has 0 spiro atoms. The number of para-hydroxylation sites is 2. The maximum Gasteiger partial charge on any atom is 0.262 e. The van der Waals surface area contributed by atoms with Gasteiger partial charge in [-0.2, -0.15) is 0 Å². The number of carbonyl (C=O) groups excluding carboxylic acids is 2. The number of nitrogens with zero attached hydrogens (tertiary/aromatic N) is 1. The average Bonchev–Trinajstić information content (AvgIpc) is 2.77. The van der Waals surface area contributed by atoms with Gasteiger partial charge in [0.25, 0.3) is 5.91 Å². The SMILES string of the molecule is COc1ccccc1OCC(=O)Nc1ccc(CCN2CCC(C(N)=O)CC2)cc1. The Kier molecular flexibility index (Phi) is 7.68. The molecule has 3 N–H and O–H groups in total. The summed E-state index contributed by atoms with van der Waals surface area (Å²) in [5, 5.41) is 2.84. The first-order chi connectivity index (χ1) is 14.5. The molecule has 30 heavy (non-hydrogen) atoms. The van der Waals surface area contributed by atoms with E-state index in [4.69, 9.17) is 15.2 Å². The highest BCUT2D eigenvalue weighted by atomic mass is 16.5. The van der Waals surface area contributed by atoms with Gasteiger partial charge in [-0.3, -0.25) is 9.59 Å². The Hall–Kier alpha value is -3.06. The second-order valence-electron chi connectivity index (χ2n) is 7.45. The highest BCUT2D eigenvalue weighted by molar-refractivity contribution is 5.91. The van der Waals surface area contributed by atoms with E-state index in [9.17, 15) is 9.59 Å². The molecule has 0 saturated carbocycles. The normalized spacial score (nSPS) is 14.8. The van der Waals surface area contributed by atoms with Crippen molar-refractivity contribution in [2.24, 2.45) is 11.7 Å². The minimum absolute atomic E-state index is 0.0242. The Labute approximate surface area is 177 Å². The van der Waals surface area contributed by atoms with E-state index in [1.807, 2.05) is 36.4 Å². The maximum atomic E-state index is 12.2. The number of carbonyl (C=O) groups is 2. The van der Waals surface area contributed by atoms with Gasteiger partial charge in [0.15, 0.2) is 18.1 Å². The minimum Gasteiger partial charge on any atom is -0.493 e. The van der Waals surface area contributed by atoms with Crippen LogP contribution in [0.5, 0.6) is 11.5 Å². The van der Waals surface area contributed by atoms with Crippen molar-refractivity contribution in [3.8, 4) is 11.5 Å². The molecule has 0 aromatic heterocycles. The number of hydrogen-bond donors (Lipinski definition) is 2. The molecule has 1 aliphatic heterocycles. The third kappa shape index (κ3) is 6.22. The number of benzene rings is 2. The lowest BCUT2D eigenvalue weighted by Crippen LogP contribution is -2.39. The van der Waals surface area contributed by atoms with Gasteiger partial charge in [0.1, 0.15) is 0 Å². The van der Waals surface area contributed by atoms with Crippen LogP contribution in [0.3, 0.4) is 0 Å². The molecule has 0 radical (unpaired) electrons. The fourth-order valence-corrected chi connectivity index (χ4v) is 3.56. The van der Waals surface area contributed by atoms with Crippen molar-refractivity contribution < 1.29 is 19.1 Å². The van der Waals surface area contributed by atoms with Crippen LogP contribution in [0.4, 0.5) is 5.69 Å². The molecule has 1 saturated heterocycles. The summed E-state index contributed by atoms with van der Waals surface area (Å²) in [7, 11) is 1.56. The number of nitrogens with two attached hydrogens (primary N) is 1. The summed E-state index contributed by atoms with van der Waals surface area (Å²) in [5.41, 5.74) is 7.32. The van der Waals surface area contributed by atoms with Crippen molar-refractivity contribution in [3.05, 3.63) is 54.1 Å². The van der Waals surface area contributed by atoms with E-state index in [0.717, 1.165) is 44.6 Å². The third-order valence-corrected chi connectivity index (χ3v) is 5.37. The van der Waals surface area contributed by atoms with E-state index < -0.39 is 0 Å². The molecule has 7 heteroatoms. The van der Waals surface area contributed by atoms with Crippen molar-refractivity contribution in [1.29, 1.82) is 0 Å². The molecule has 0 atom stereocenters. The van der Waals surface area contributed by atoms with Crippen molar-refractivity contribution >= 4 is 17.5 Å². The summed E-state index contributed by atoms with van der Waals surface area (Å²) in [6.45, 7) is 2.68. The fraction of sp³-hybridized carbons (Fsp3) is 0.391. The summed E-state index contributed by atoms with van der Waals surface area (Å²) in [6, 6.07) is 15.1. The van der Waals surface area contributed by atoms with Gasteiger partial charge in [0.05, 0.1) is 7.11 Å². The molecule has 0 aliphatic carbocycles. The number of piperidine rings is 1. The molecule has 1 aliphatic rings. The zero-order valence-corrected chi connectivity index (χ0v) is 17.3. The number of ether oxygens (including phenoxy) is 2. The van der Waals surface area contributed by atoms with Gasteiger partial charge in [0.2, 0.25) is 5.91 Å². The van der Waals surface area contributed by atoms with Gasteiger partial charge in [-0.25, -0.2) is 0 Å². The quantitative estimate of drug-likeness (QED) is 0.661. The first kappa shape index (κ1) is 21.6. The highest BCUT2D eigenvalue weighted by Crippen LogP contribution is 2.25. The predicted octanol–water partition coefficient (Wildman–Crippen LogP) is 2.45. The van der Waals surface area contributed by atoms with Crippen molar-refractivity contribution in [3.63, 3.8) is 0 Å². The van der Waals surface area contributed by atoms with E-state index in [-0.39, 0.29) is 24.3 Å². The number of amides is 2. The molecule has 1 heterocycles. The van der Waals surface area contributed by atoms with Crippen LogP contribution >= 0.6 is 0 Å². The molecule has 2 amide bonds. The van der Waals surface area contributed by atoms with Crippen LogP contribution in [-0.2, 0) is 16.0 Å².